The lowest BCUT2D eigenvalue weighted by Gasteiger charge is -2.21. The molecule has 0 aromatic heterocycles. The molecule has 0 atom stereocenters. The molecule has 0 saturated carbocycles. The Labute approximate surface area is 156 Å². The van der Waals surface area contributed by atoms with Gasteiger partial charge in [-0.25, -0.2) is 8.42 Å². The van der Waals surface area contributed by atoms with Crippen LogP contribution in [0.5, 0.6) is 0 Å². The van der Waals surface area contributed by atoms with E-state index in [1.807, 2.05) is 44.2 Å². The number of benzene rings is 2. The molecule has 0 fully saturated rings. The van der Waals surface area contributed by atoms with Crippen LogP contribution in [0.2, 0.25) is 0 Å². The number of carbonyl (C=O) groups is 1. The highest BCUT2D eigenvalue weighted by Crippen LogP contribution is 2.19. The van der Waals surface area contributed by atoms with Gasteiger partial charge >= 0.3 is 0 Å². The van der Waals surface area contributed by atoms with Crippen LogP contribution in [0.25, 0.3) is 0 Å². The van der Waals surface area contributed by atoms with Crippen molar-refractivity contribution in [3.63, 3.8) is 0 Å². The maximum absolute atomic E-state index is 12.8. The van der Waals surface area contributed by atoms with Gasteiger partial charge in [0, 0.05) is 31.4 Å². The van der Waals surface area contributed by atoms with E-state index in [1.54, 1.807) is 24.1 Å². The predicted molar refractivity (Wildman–Crippen MR) is 105 cm³/mol. The topological polar surface area (TPSA) is 57.7 Å². The van der Waals surface area contributed by atoms with Crippen molar-refractivity contribution >= 4 is 21.6 Å². The van der Waals surface area contributed by atoms with Gasteiger partial charge in [0.1, 0.15) is 0 Å². The summed E-state index contributed by atoms with van der Waals surface area (Å²) in [7, 11) is -1.83. The molecular formula is C20H26N2O3S. The Bertz CT molecular complexity index is 812. The quantitative estimate of drug-likeness (QED) is 0.707. The lowest BCUT2D eigenvalue weighted by molar-refractivity contribution is 0.0993. The normalized spacial score (nSPS) is 11.5. The van der Waals surface area contributed by atoms with E-state index in [2.05, 4.69) is 0 Å². The van der Waals surface area contributed by atoms with Crippen LogP contribution in [-0.4, -0.2) is 38.8 Å². The second kappa shape index (κ2) is 8.96. The van der Waals surface area contributed by atoms with Crippen LogP contribution in [0, 0.1) is 0 Å². The molecule has 0 spiro atoms. The molecule has 1 amide bonds. The first kappa shape index (κ1) is 20.1. The van der Waals surface area contributed by atoms with Gasteiger partial charge in [-0.3, -0.25) is 4.79 Å². The highest BCUT2D eigenvalue weighted by atomic mass is 32.2. The molecule has 26 heavy (non-hydrogen) atoms. The Morgan fingerprint density at radius 3 is 1.92 bits per heavy atom. The van der Waals surface area contributed by atoms with E-state index in [0.29, 0.717) is 18.7 Å². The number of anilines is 1. The molecule has 2 rings (SSSR count). The minimum atomic E-state index is -3.53. The first-order valence-corrected chi connectivity index (χ1v) is 10.3. The zero-order valence-electron chi connectivity index (χ0n) is 15.6. The summed E-state index contributed by atoms with van der Waals surface area (Å²) < 4.78 is 27.1. The number of sulfonamides is 1. The Morgan fingerprint density at radius 1 is 0.885 bits per heavy atom. The van der Waals surface area contributed by atoms with E-state index in [-0.39, 0.29) is 10.8 Å². The molecule has 0 saturated heterocycles. The van der Waals surface area contributed by atoms with Gasteiger partial charge in [0.15, 0.2) is 0 Å². The monoisotopic (exact) mass is 374 g/mol. The second-order valence-corrected chi connectivity index (χ2v) is 8.07. The number of nitrogens with zero attached hydrogens (tertiary/aromatic N) is 2. The van der Waals surface area contributed by atoms with Crippen molar-refractivity contribution in [2.24, 2.45) is 0 Å². The second-order valence-electron chi connectivity index (χ2n) is 6.13. The molecule has 0 unspecified atom stereocenters. The van der Waals surface area contributed by atoms with Crippen molar-refractivity contribution in [2.45, 2.75) is 31.6 Å². The molecule has 5 nitrogen and oxygen atoms in total. The third-order valence-corrected chi connectivity index (χ3v) is 6.05. The highest BCUT2D eigenvalue weighted by molar-refractivity contribution is 7.89. The smallest absolute Gasteiger partial charge is 0.258 e. The zero-order valence-corrected chi connectivity index (χ0v) is 16.4. The number of para-hydroxylation sites is 1. The minimum absolute atomic E-state index is 0.181. The number of carbonyl (C=O) groups excluding carboxylic acids is 1. The van der Waals surface area contributed by atoms with Crippen molar-refractivity contribution < 1.29 is 13.2 Å². The Hall–Kier alpha value is -2.18. The molecule has 2 aromatic carbocycles. The van der Waals surface area contributed by atoms with Crippen molar-refractivity contribution in [3.8, 4) is 0 Å². The molecule has 0 aliphatic rings. The number of rotatable bonds is 8. The lowest BCUT2D eigenvalue weighted by Crippen LogP contribution is -2.32. The van der Waals surface area contributed by atoms with Crippen molar-refractivity contribution in [1.82, 2.24) is 4.31 Å². The van der Waals surface area contributed by atoms with Crippen molar-refractivity contribution in [2.75, 3.05) is 25.0 Å². The zero-order chi connectivity index (χ0) is 19.2. The summed E-state index contributed by atoms with van der Waals surface area (Å²) in [4.78, 5) is 14.4. The largest absolute Gasteiger partial charge is 0.311 e. The van der Waals surface area contributed by atoms with Gasteiger partial charge in [-0.05, 0) is 49.2 Å². The Morgan fingerprint density at radius 2 is 1.42 bits per heavy atom. The van der Waals surface area contributed by atoms with Gasteiger partial charge in [0.2, 0.25) is 10.0 Å². The van der Waals surface area contributed by atoms with Gasteiger partial charge in [-0.1, -0.05) is 32.0 Å². The van der Waals surface area contributed by atoms with Crippen LogP contribution >= 0.6 is 0 Å². The number of hydrogen-bond acceptors (Lipinski definition) is 3. The molecule has 0 N–H and O–H groups in total. The summed E-state index contributed by atoms with van der Waals surface area (Å²) >= 11 is 0. The molecule has 0 heterocycles. The van der Waals surface area contributed by atoms with Gasteiger partial charge in [-0.15, -0.1) is 0 Å². The third kappa shape index (κ3) is 4.51. The summed E-state index contributed by atoms with van der Waals surface area (Å²) in [5.74, 6) is -0.181. The minimum Gasteiger partial charge on any atom is -0.311 e. The Balaban J connectivity index is 2.23. The maximum Gasteiger partial charge on any atom is 0.258 e. The van der Waals surface area contributed by atoms with Crippen LogP contribution in [0.1, 0.15) is 37.0 Å². The average Bonchev–Trinajstić information content (AvgIpc) is 2.67. The fourth-order valence-corrected chi connectivity index (χ4v) is 4.36. The first-order valence-electron chi connectivity index (χ1n) is 8.85. The van der Waals surface area contributed by atoms with Crippen LogP contribution in [0.3, 0.4) is 0 Å². The molecule has 2 aromatic rings. The first-order chi connectivity index (χ1) is 12.4. The summed E-state index contributed by atoms with van der Waals surface area (Å²) in [5, 5.41) is 0. The van der Waals surface area contributed by atoms with Crippen LogP contribution in [0.15, 0.2) is 59.5 Å². The van der Waals surface area contributed by atoms with Crippen LogP contribution < -0.4 is 4.90 Å². The SMILES string of the molecule is CCCN(CCC)S(=O)(=O)c1ccc(C(=O)N(C)c2ccccc2)cc1. The van der Waals surface area contributed by atoms with E-state index in [9.17, 15) is 13.2 Å². The predicted octanol–water partition coefficient (Wildman–Crippen LogP) is 3.77. The summed E-state index contributed by atoms with van der Waals surface area (Å²) in [6, 6.07) is 15.5. The average molecular weight is 375 g/mol. The fraction of sp³-hybridized carbons (Fsp3) is 0.350. The van der Waals surface area contributed by atoms with E-state index in [1.165, 1.54) is 16.4 Å². The molecular weight excluding hydrogens is 348 g/mol. The summed E-state index contributed by atoms with van der Waals surface area (Å²) in [5.41, 5.74) is 1.24. The third-order valence-electron chi connectivity index (χ3n) is 4.13. The molecule has 0 bridgehead atoms. The van der Waals surface area contributed by atoms with Crippen LogP contribution in [-0.2, 0) is 10.0 Å². The van der Waals surface area contributed by atoms with E-state index in [0.717, 1.165) is 18.5 Å². The standard InChI is InChI=1S/C20H26N2O3S/c1-4-15-22(16-5-2)26(24,25)19-13-11-17(12-14-19)20(23)21(3)18-9-7-6-8-10-18/h6-14H,4-5,15-16H2,1-3H3. The van der Waals surface area contributed by atoms with Gasteiger partial charge < -0.3 is 4.90 Å². The van der Waals surface area contributed by atoms with Crippen molar-refractivity contribution in [3.05, 3.63) is 60.2 Å². The van der Waals surface area contributed by atoms with Gasteiger partial charge in [0.25, 0.3) is 5.91 Å². The van der Waals surface area contributed by atoms with Gasteiger partial charge in [0.05, 0.1) is 4.90 Å². The van der Waals surface area contributed by atoms with Crippen LogP contribution in [0.4, 0.5) is 5.69 Å². The molecule has 140 valence electrons. The lowest BCUT2D eigenvalue weighted by atomic mass is 10.2. The molecule has 0 aliphatic carbocycles. The molecule has 0 aliphatic heterocycles. The fourth-order valence-electron chi connectivity index (χ4n) is 2.73. The van der Waals surface area contributed by atoms with Gasteiger partial charge in [-0.2, -0.15) is 4.31 Å². The molecule has 6 heteroatoms. The van der Waals surface area contributed by atoms with Crippen molar-refractivity contribution in [1.29, 1.82) is 0 Å². The molecule has 0 radical (unpaired) electrons. The summed E-state index contributed by atoms with van der Waals surface area (Å²) in [6.45, 7) is 4.90. The Kier molecular flexibility index (Phi) is 6.94. The van der Waals surface area contributed by atoms with E-state index >= 15 is 0 Å². The number of amides is 1. The summed E-state index contributed by atoms with van der Waals surface area (Å²) in [6.07, 6.45) is 1.52. The maximum atomic E-state index is 12.8. The van der Waals surface area contributed by atoms with E-state index < -0.39 is 10.0 Å². The van der Waals surface area contributed by atoms with E-state index in [4.69, 9.17) is 0 Å². The highest BCUT2D eigenvalue weighted by Gasteiger charge is 2.23. The number of hydrogen-bond donors (Lipinski definition) is 0.